The van der Waals surface area contributed by atoms with Gasteiger partial charge in [0.25, 0.3) is 0 Å². The number of hydrogen-bond acceptors (Lipinski definition) is 4. The van der Waals surface area contributed by atoms with Crippen molar-refractivity contribution in [3.63, 3.8) is 0 Å². The molecule has 2 heterocycles. The summed E-state index contributed by atoms with van der Waals surface area (Å²) in [5.74, 6) is 1.68. The lowest BCUT2D eigenvalue weighted by atomic mass is 10.1. The van der Waals surface area contributed by atoms with Gasteiger partial charge in [0, 0.05) is 18.3 Å². The van der Waals surface area contributed by atoms with Crippen molar-refractivity contribution in [1.29, 1.82) is 0 Å². The topological polar surface area (TPSA) is 55.6 Å². The smallest absolute Gasteiger partial charge is 0.162 e. The summed E-state index contributed by atoms with van der Waals surface area (Å²) in [4.78, 5) is 8.55. The number of nitrogens with zero attached hydrogens (tertiary/aromatic N) is 4. The van der Waals surface area contributed by atoms with E-state index in [1.165, 1.54) is 5.56 Å². The van der Waals surface area contributed by atoms with E-state index in [1.807, 2.05) is 25.6 Å². The van der Waals surface area contributed by atoms with Crippen LogP contribution in [0.25, 0.3) is 5.82 Å². The van der Waals surface area contributed by atoms with Gasteiger partial charge >= 0.3 is 0 Å². The van der Waals surface area contributed by atoms with Gasteiger partial charge < -0.3 is 5.32 Å². The van der Waals surface area contributed by atoms with Crippen molar-refractivity contribution in [1.82, 2.24) is 19.7 Å². The molecule has 0 aromatic carbocycles. The van der Waals surface area contributed by atoms with E-state index in [0.29, 0.717) is 0 Å². The number of anilines is 1. The van der Waals surface area contributed by atoms with Crippen LogP contribution < -0.4 is 5.32 Å². The van der Waals surface area contributed by atoms with Crippen LogP contribution >= 0.6 is 0 Å². The lowest BCUT2D eigenvalue weighted by Crippen LogP contribution is -2.08. The predicted molar refractivity (Wildman–Crippen MR) is 72.3 cm³/mol. The maximum atomic E-state index is 4.59. The first kappa shape index (κ1) is 12.5. The maximum absolute atomic E-state index is 4.59. The number of nitrogens with one attached hydrogen (secondary N) is 1. The molecule has 2 aromatic heterocycles. The van der Waals surface area contributed by atoms with Crippen LogP contribution in [0.5, 0.6) is 0 Å². The molecule has 2 aromatic rings. The van der Waals surface area contributed by atoms with Gasteiger partial charge in [-0.05, 0) is 32.8 Å². The van der Waals surface area contributed by atoms with E-state index < -0.39 is 0 Å². The molecule has 0 bridgehead atoms. The highest BCUT2D eigenvalue weighted by Crippen LogP contribution is 2.21. The molecule has 5 heteroatoms. The van der Waals surface area contributed by atoms with E-state index in [1.54, 1.807) is 6.33 Å². The molecule has 96 valence electrons. The normalized spacial score (nSPS) is 10.7. The summed E-state index contributed by atoms with van der Waals surface area (Å²) in [6.45, 7) is 8.27. The summed E-state index contributed by atoms with van der Waals surface area (Å²) >= 11 is 0. The van der Waals surface area contributed by atoms with E-state index in [0.717, 1.165) is 35.0 Å². The van der Waals surface area contributed by atoms with Crippen molar-refractivity contribution in [3.8, 4) is 5.82 Å². The van der Waals surface area contributed by atoms with Crippen LogP contribution in [0.3, 0.4) is 0 Å². The average molecular weight is 245 g/mol. The molecule has 5 nitrogen and oxygen atoms in total. The minimum absolute atomic E-state index is 0.839. The fourth-order valence-corrected chi connectivity index (χ4v) is 2.30. The Hall–Kier alpha value is -1.91. The van der Waals surface area contributed by atoms with E-state index in [9.17, 15) is 0 Å². The molecule has 0 aliphatic carbocycles. The molecule has 0 radical (unpaired) electrons. The second kappa shape index (κ2) is 4.76. The Labute approximate surface area is 107 Å². The molecule has 0 amide bonds. The second-order valence-electron chi connectivity index (χ2n) is 4.34. The van der Waals surface area contributed by atoms with Crippen molar-refractivity contribution in [3.05, 3.63) is 28.8 Å². The van der Waals surface area contributed by atoms with Gasteiger partial charge in [0.2, 0.25) is 0 Å². The van der Waals surface area contributed by atoms with Crippen molar-refractivity contribution in [2.75, 3.05) is 12.4 Å². The van der Waals surface area contributed by atoms with Gasteiger partial charge in [0.1, 0.15) is 12.1 Å². The van der Waals surface area contributed by atoms with E-state index in [2.05, 4.69) is 34.2 Å². The van der Waals surface area contributed by atoms with Crippen molar-refractivity contribution >= 4 is 5.82 Å². The van der Waals surface area contributed by atoms with E-state index in [-0.39, 0.29) is 0 Å². The van der Waals surface area contributed by atoms with Crippen LogP contribution in [0, 0.1) is 20.8 Å². The Morgan fingerprint density at radius 3 is 2.50 bits per heavy atom. The minimum Gasteiger partial charge on any atom is -0.373 e. The summed E-state index contributed by atoms with van der Waals surface area (Å²) in [5.41, 5.74) is 4.52. The number of aryl methyl sites for hydroxylation is 1. The molecular formula is C13H19N5. The van der Waals surface area contributed by atoms with Crippen LogP contribution in [-0.2, 0) is 6.42 Å². The third-order valence-corrected chi connectivity index (χ3v) is 3.29. The van der Waals surface area contributed by atoms with Crippen LogP contribution in [0.15, 0.2) is 6.33 Å². The van der Waals surface area contributed by atoms with Crippen molar-refractivity contribution in [2.24, 2.45) is 0 Å². The fourth-order valence-electron chi connectivity index (χ4n) is 2.30. The average Bonchev–Trinajstić information content (AvgIpc) is 2.64. The summed E-state index contributed by atoms with van der Waals surface area (Å²) in [6, 6.07) is 0. The summed E-state index contributed by atoms with van der Waals surface area (Å²) in [7, 11) is 1.86. The largest absolute Gasteiger partial charge is 0.373 e. The molecule has 0 unspecified atom stereocenters. The lowest BCUT2D eigenvalue weighted by molar-refractivity contribution is 0.792. The Bertz CT molecular complexity index is 571. The zero-order valence-electron chi connectivity index (χ0n) is 11.6. The summed E-state index contributed by atoms with van der Waals surface area (Å²) in [6.07, 6.45) is 2.55. The quantitative estimate of drug-likeness (QED) is 0.900. The van der Waals surface area contributed by atoms with E-state index in [4.69, 9.17) is 0 Å². The van der Waals surface area contributed by atoms with Crippen molar-refractivity contribution in [2.45, 2.75) is 34.1 Å². The molecule has 0 fully saturated rings. The molecular weight excluding hydrogens is 226 g/mol. The zero-order chi connectivity index (χ0) is 13.3. The monoisotopic (exact) mass is 245 g/mol. The first-order chi connectivity index (χ1) is 8.60. The van der Waals surface area contributed by atoms with Crippen molar-refractivity contribution < 1.29 is 0 Å². The van der Waals surface area contributed by atoms with Gasteiger partial charge in [-0.25, -0.2) is 14.6 Å². The third kappa shape index (κ3) is 1.85. The van der Waals surface area contributed by atoms with Crippen LogP contribution in [0.1, 0.15) is 29.4 Å². The highest BCUT2D eigenvalue weighted by molar-refractivity contribution is 5.51. The van der Waals surface area contributed by atoms with Gasteiger partial charge in [0.15, 0.2) is 5.82 Å². The van der Waals surface area contributed by atoms with Gasteiger partial charge in [0.05, 0.1) is 5.69 Å². The zero-order valence-corrected chi connectivity index (χ0v) is 11.6. The molecule has 1 N–H and O–H groups in total. The van der Waals surface area contributed by atoms with Gasteiger partial charge in [-0.1, -0.05) is 6.92 Å². The molecule has 0 spiro atoms. The highest BCUT2D eigenvalue weighted by atomic mass is 15.3. The van der Waals surface area contributed by atoms with Crippen LogP contribution in [-0.4, -0.2) is 26.8 Å². The third-order valence-electron chi connectivity index (χ3n) is 3.29. The predicted octanol–water partition coefficient (Wildman–Crippen LogP) is 2.19. The van der Waals surface area contributed by atoms with Gasteiger partial charge in [-0.3, -0.25) is 0 Å². The number of hydrogen-bond donors (Lipinski definition) is 1. The Kier molecular flexibility index (Phi) is 3.32. The summed E-state index contributed by atoms with van der Waals surface area (Å²) < 4.78 is 1.91. The Balaban J connectivity index is 2.62. The van der Waals surface area contributed by atoms with Crippen LogP contribution in [0.4, 0.5) is 5.82 Å². The first-order valence-corrected chi connectivity index (χ1v) is 6.15. The SMILES string of the molecule is CCc1c(C)nn(-c2ncnc(NC)c2C)c1C. The van der Waals surface area contributed by atoms with Crippen LogP contribution in [0.2, 0.25) is 0 Å². The molecule has 0 aliphatic rings. The molecule has 2 rings (SSSR count). The van der Waals surface area contributed by atoms with Gasteiger partial charge in [-0.2, -0.15) is 5.10 Å². The Morgan fingerprint density at radius 1 is 1.22 bits per heavy atom. The fraction of sp³-hybridized carbons (Fsp3) is 0.462. The Morgan fingerprint density at radius 2 is 1.94 bits per heavy atom. The molecule has 0 saturated carbocycles. The number of rotatable bonds is 3. The maximum Gasteiger partial charge on any atom is 0.162 e. The minimum atomic E-state index is 0.839. The molecule has 0 saturated heterocycles. The standard InChI is InChI=1S/C13H19N5/c1-6-11-9(3)17-18(10(11)4)13-8(2)12(14-5)15-7-16-13/h7H,6H2,1-5H3,(H,14,15,16). The number of aromatic nitrogens is 4. The molecule has 18 heavy (non-hydrogen) atoms. The molecule has 0 aliphatic heterocycles. The first-order valence-electron chi connectivity index (χ1n) is 6.15. The highest BCUT2D eigenvalue weighted by Gasteiger charge is 2.15. The lowest BCUT2D eigenvalue weighted by Gasteiger charge is -2.10. The van der Waals surface area contributed by atoms with E-state index >= 15 is 0 Å². The second-order valence-corrected chi connectivity index (χ2v) is 4.34. The van der Waals surface area contributed by atoms with Gasteiger partial charge in [-0.15, -0.1) is 0 Å². The molecule has 0 atom stereocenters. The summed E-state index contributed by atoms with van der Waals surface area (Å²) in [5, 5.41) is 7.65.